The van der Waals surface area contributed by atoms with E-state index in [4.69, 9.17) is 21.1 Å². The Morgan fingerprint density at radius 1 is 1.06 bits per heavy atom. The van der Waals surface area contributed by atoms with E-state index >= 15 is 0 Å². The van der Waals surface area contributed by atoms with E-state index in [9.17, 15) is 32.3 Å². The number of alkyl halides is 3. The molecule has 1 atom stereocenters. The standard InChI is InChI=1S/C20H20ClF4N3O5/c21-15-3-1-13(7-16(15)22)32-10-18(30)26-6-5-12(29)8-28-19(31)11-33-14-2-4-17(27-9-14)20(23,24)25/h1-4,7,9,12,29H,5-6,8,10-11H2,(H,26,30)(H,28,31)/t12-/m1/s1. The molecule has 2 aromatic rings. The second kappa shape index (κ2) is 12.2. The SMILES string of the molecule is O=C(COc1ccc(Cl)c(F)c1)NCC[C@@H](O)CNC(=O)COc1ccc(C(F)(F)F)nc1. The molecule has 33 heavy (non-hydrogen) atoms. The van der Waals surface area contributed by atoms with Crippen molar-refractivity contribution in [1.29, 1.82) is 0 Å². The summed E-state index contributed by atoms with van der Waals surface area (Å²) in [5, 5.41) is 14.7. The Kier molecular flexibility index (Phi) is 9.67. The number of aliphatic hydroxyl groups excluding tert-OH is 1. The van der Waals surface area contributed by atoms with Crippen LogP contribution in [0.3, 0.4) is 0 Å². The van der Waals surface area contributed by atoms with Gasteiger partial charge in [0.05, 0.1) is 17.3 Å². The summed E-state index contributed by atoms with van der Waals surface area (Å²) in [6, 6.07) is 5.50. The van der Waals surface area contributed by atoms with E-state index in [0.29, 0.717) is 0 Å². The van der Waals surface area contributed by atoms with Crippen LogP contribution in [-0.2, 0) is 15.8 Å². The molecular formula is C20H20ClF4N3O5. The molecule has 3 N–H and O–H groups in total. The Balaban J connectivity index is 1.58. The summed E-state index contributed by atoms with van der Waals surface area (Å²) >= 11 is 5.55. The van der Waals surface area contributed by atoms with Crippen LogP contribution < -0.4 is 20.1 Å². The predicted molar refractivity (Wildman–Crippen MR) is 108 cm³/mol. The predicted octanol–water partition coefficient (Wildman–Crippen LogP) is 2.33. The lowest BCUT2D eigenvalue weighted by molar-refractivity contribution is -0.141. The highest BCUT2D eigenvalue weighted by molar-refractivity contribution is 6.30. The summed E-state index contributed by atoms with van der Waals surface area (Å²) in [4.78, 5) is 26.6. The first-order valence-electron chi connectivity index (χ1n) is 9.50. The largest absolute Gasteiger partial charge is 0.484 e. The highest BCUT2D eigenvalue weighted by Gasteiger charge is 2.32. The van der Waals surface area contributed by atoms with Crippen LogP contribution in [-0.4, -0.2) is 54.3 Å². The lowest BCUT2D eigenvalue weighted by Crippen LogP contribution is -2.37. The van der Waals surface area contributed by atoms with Crippen molar-refractivity contribution in [2.45, 2.75) is 18.7 Å². The third-order valence-electron chi connectivity index (χ3n) is 3.99. The number of ether oxygens (including phenoxy) is 2. The number of nitrogens with zero attached hydrogens (tertiary/aromatic N) is 1. The molecule has 0 radical (unpaired) electrons. The molecular weight excluding hydrogens is 474 g/mol. The van der Waals surface area contributed by atoms with Crippen LogP contribution in [0.4, 0.5) is 17.6 Å². The number of aliphatic hydroxyl groups is 1. The second-order valence-corrected chi connectivity index (χ2v) is 7.03. The number of halogens is 5. The molecule has 2 amide bonds. The van der Waals surface area contributed by atoms with Gasteiger partial charge in [0.15, 0.2) is 13.2 Å². The van der Waals surface area contributed by atoms with Gasteiger partial charge in [-0.05, 0) is 30.7 Å². The summed E-state index contributed by atoms with van der Waals surface area (Å²) < 4.78 is 60.8. The normalized spacial score (nSPS) is 12.1. The van der Waals surface area contributed by atoms with Crippen LogP contribution in [0.1, 0.15) is 12.1 Å². The maximum Gasteiger partial charge on any atom is 0.433 e. The molecule has 1 aromatic carbocycles. The van der Waals surface area contributed by atoms with Gasteiger partial charge in [0.2, 0.25) is 0 Å². The van der Waals surface area contributed by atoms with Gasteiger partial charge in [-0.25, -0.2) is 9.37 Å². The number of carbonyl (C=O) groups excluding carboxylic acids is 2. The molecule has 0 saturated heterocycles. The van der Waals surface area contributed by atoms with Crippen LogP contribution in [0.25, 0.3) is 0 Å². The van der Waals surface area contributed by atoms with E-state index in [1.165, 1.54) is 12.1 Å². The highest BCUT2D eigenvalue weighted by Crippen LogP contribution is 2.28. The number of amides is 2. The molecule has 1 heterocycles. The number of rotatable bonds is 11. The summed E-state index contributed by atoms with van der Waals surface area (Å²) in [7, 11) is 0. The summed E-state index contributed by atoms with van der Waals surface area (Å²) in [5.41, 5.74) is -1.08. The maximum absolute atomic E-state index is 13.3. The zero-order valence-electron chi connectivity index (χ0n) is 17.0. The molecule has 13 heteroatoms. The zero-order chi connectivity index (χ0) is 24.4. The van der Waals surface area contributed by atoms with Crippen molar-refractivity contribution in [2.75, 3.05) is 26.3 Å². The third-order valence-corrected chi connectivity index (χ3v) is 4.30. The fraction of sp³-hybridized carbons (Fsp3) is 0.350. The van der Waals surface area contributed by atoms with Crippen LogP contribution in [0.15, 0.2) is 36.5 Å². The number of carbonyl (C=O) groups is 2. The zero-order valence-corrected chi connectivity index (χ0v) is 17.8. The number of aromatic nitrogens is 1. The van der Waals surface area contributed by atoms with Crippen LogP contribution in [0.5, 0.6) is 11.5 Å². The summed E-state index contributed by atoms with van der Waals surface area (Å²) in [5.74, 6) is -1.68. The summed E-state index contributed by atoms with van der Waals surface area (Å²) in [6.07, 6.45) is -4.59. The third kappa shape index (κ3) is 9.49. The van der Waals surface area contributed by atoms with Crippen LogP contribution in [0.2, 0.25) is 5.02 Å². The highest BCUT2D eigenvalue weighted by atomic mass is 35.5. The van der Waals surface area contributed by atoms with Crippen molar-refractivity contribution in [3.05, 3.63) is 53.1 Å². The fourth-order valence-electron chi connectivity index (χ4n) is 2.31. The van der Waals surface area contributed by atoms with E-state index < -0.39 is 42.2 Å². The smallest absolute Gasteiger partial charge is 0.433 e. The van der Waals surface area contributed by atoms with Gasteiger partial charge >= 0.3 is 6.18 Å². The van der Waals surface area contributed by atoms with Crippen molar-refractivity contribution in [3.8, 4) is 11.5 Å². The fourth-order valence-corrected chi connectivity index (χ4v) is 2.43. The molecule has 2 rings (SSSR count). The van der Waals surface area contributed by atoms with Crippen molar-refractivity contribution in [2.24, 2.45) is 0 Å². The Labute approximate surface area is 190 Å². The van der Waals surface area contributed by atoms with Gasteiger partial charge in [0, 0.05) is 19.2 Å². The molecule has 0 fully saturated rings. The number of pyridine rings is 1. The molecule has 1 aromatic heterocycles. The topological polar surface area (TPSA) is 110 Å². The minimum Gasteiger partial charge on any atom is -0.484 e. The van der Waals surface area contributed by atoms with Crippen molar-refractivity contribution < 1.29 is 41.7 Å². The number of benzene rings is 1. The van der Waals surface area contributed by atoms with Crippen molar-refractivity contribution >= 4 is 23.4 Å². The quantitative estimate of drug-likeness (QED) is 0.415. The Morgan fingerprint density at radius 3 is 2.30 bits per heavy atom. The molecule has 0 spiro atoms. The maximum atomic E-state index is 13.3. The van der Waals surface area contributed by atoms with Gasteiger partial charge in [0.1, 0.15) is 23.0 Å². The first-order valence-corrected chi connectivity index (χ1v) is 9.87. The van der Waals surface area contributed by atoms with Gasteiger partial charge < -0.3 is 25.2 Å². The average molecular weight is 494 g/mol. The Bertz CT molecular complexity index is 944. The summed E-state index contributed by atoms with van der Waals surface area (Å²) in [6.45, 7) is -0.908. The van der Waals surface area contributed by atoms with Crippen molar-refractivity contribution in [3.63, 3.8) is 0 Å². The van der Waals surface area contributed by atoms with E-state index in [1.807, 2.05) is 0 Å². The first-order chi connectivity index (χ1) is 15.5. The minimum absolute atomic E-state index is 0.0232. The van der Waals surface area contributed by atoms with Gasteiger partial charge in [-0.2, -0.15) is 13.2 Å². The lowest BCUT2D eigenvalue weighted by Gasteiger charge is -2.13. The van der Waals surface area contributed by atoms with Gasteiger partial charge in [-0.15, -0.1) is 0 Å². The second-order valence-electron chi connectivity index (χ2n) is 6.63. The lowest BCUT2D eigenvalue weighted by atomic mass is 10.2. The van der Waals surface area contributed by atoms with Crippen LogP contribution >= 0.6 is 11.6 Å². The van der Waals surface area contributed by atoms with E-state index in [1.54, 1.807) is 0 Å². The Hall–Kier alpha value is -3.12. The van der Waals surface area contributed by atoms with Gasteiger partial charge in [-0.1, -0.05) is 11.6 Å². The van der Waals surface area contributed by atoms with Gasteiger partial charge in [-0.3, -0.25) is 9.59 Å². The Morgan fingerprint density at radius 2 is 1.70 bits per heavy atom. The number of hydrogen-bond donors (Lipinski definition) is 3. The molecule has 0 bridgehead atoms. The molecule has 0 aliphatic rings. The van der Waals surface area contributed by atoms with Crippen molar-refractivity contribution in [1.82, 2.24) is 15.6 Å². The number of hydrogen-bond acceptors (Lipinski definition) is 6. The van der Waals surface area contributed by atoms with E-state index in [-0.39, 0.29) is 42.6 Å². The monoisotopic (exact) mass is 493 g/mol. The van der Waals surface area contributed by atoms with Gasteiger partial charge in [0.25, 0.3) is 11.8 Å². The first kappa shape index (κ1) is 26.1. The van der Waals surface area contributed by atoms with Crippen LogP contribution in [0, 0.1) is 5.82 Å². The molecule has 0 unspecified atom stereocenters. The molecule has 180 valence electrons. The molecule has 0 aliphatic carbocycles. The molecule has 0 saturated carbocycles. The molecule has 0 aliphatic heterocycles. The average Bonchev–Trinajstić information content (AvgIpc) is 2.76. The minimum atomic E-state index is -4.57. The van der Waals surface area contributed by atoms with E-state index in [2.05, 4.69) is 15.6 Å². The number of nitrogens with one attached hydrogen (secondary N) is 2. The molecule has 8 nitrogen and oxygen atoms in total. The van der Waals surface area contributed by atoms with E-state index in [0.717, 1.165) is 24.4 Å².